The first-order valence-corrected chi connectivity index (χ1v) is 5.96. The summed E-state index contributed by atoms with van der Waals surface area (Å²) in [6, 6.07) is 12.3. The van der Waals surface area contributed by atoms with E-state index in [1.165, 1.54) is 0 Å². The molecule has 5 N–H and O–H groups in total. The van der Waals surface area contributed by atoms with Gasteiger partial charge in [-0.2, -0.15) is 9.97 Å². The number of H-pyrrole nitrogens is 1. The van der Waals surface area contributed by atoms with Gasteiger partial charge in [-0.15, -0.1) is 0 Å². The minimum Gasteiger partial charge on any atom is -0.383 e. The Kier molecular flexibility index (Phi) is 1.79. The molecule has 0 aliphatic carbocycles. The Balaban J connectivity index is 2.36. The Hall–Kier alpha value is -2.82. The molecule has 4 rings (SSSR count). The molecule has 5 heteroatoms. The van der Waals surface area contributed by atoms with Crippen LogP contribution in [0, 0.1) is 0 Å². The van der Waals surface area contributed by atoms with Crippen molar-refractivity contribution in [3.63, 3.8) is 0 Å². The maximum Gasteiger partial charge on any atom is 0.223 e. The number of benzene rings is 2. The predicted molar refractivity (Wildman–Crippen MR) is 77.7 cm³/mol. The molecule has 0 radical (unpaired) electrons. The molecule has 0 aliphatic heterocycles. The van der Waals surface area contributed by atoms with Gasteiger partial charge in [0.05, 0.1) is 5.39 Å². The topological polar surface area (TPSA) is 93.6 Å². The lowest BCUT2D eigenvalue weighted by atomic mass is 10.0. The van der Waals surface area contributed by atoms with Crippen molar-refractivity contribution in [2.75, 3.05) is 11.5 Å². The molecule has 19 heavy (non-hydrogen) atoms. The van der Waals surface area contributed by atoms with Gasteiger partial charge in [-0.3, -0.25) is 0 Å². The molecule has 2 aromatic carbocycles. The van der Waals surface area contributed by atoms with Crippen molar-refractivity contribution in [1.29, 1.82) is 0 Å². The van der Waals surface area contributed by atoms with E-state index in [9.17, 15) is 0 Å². The minimum atomic E-state index is 0.181. The second kappa shape index (κ2) is 3.35. The van der Waals surface area contributed by atoms with Crippen LogP contribution in [0.25, 0.3) is 32.7 Å². The highest BCUT2D eigenvalue weighted by Crippen LogP contribution is 2.33. The van der Waals surface area contributed by atoms with E-state index in [-0.39, 0.29) is 5.95 Å². The van der Waals surface area contributed by atoms with E-state index in [1.807, 2.05) is 18.2 Å². The van der Waals surface area contributed by atoms with Gasteiger partial charge in [0.2, 0.25) is 5.95 Å². The van der Waals surface area contributed by atoms with Crippen molar-refractivity contribution in [3.05, 3.63) is 36.4 Å². The number of nitrogen functional groups attached to an aromatic ring is 2. The third-order valence-corrected chi connectivity index (χ3v) is 3.39. The highest BCUT2D eigenvalue weighted by molar-refractivity contribution is 6.22. The van der Waals surface area contributed by atoms with Crippen molar-refractivity contribution < 1.29 is 0 Å². The van der Waals surface area contributed by atoms with Crippen molar-refractivity contribution in [2.45, 2.75) is 0 Å². The molecule has 0 fully saturated rings. The summed E-state index contributed by atoms with van der Waals surface area (Å²) in [5, 5.41) is 4.17. The minimum absolute atomic E-state index is 0.181. The molecule has 0 aliphatic rings. The standard InChI is InChI=1S/C14H11N5/c15-12-11-10-8-4-2-1-3-7(8)5-6-9(10)17-13(11)19-14(16)18-12/h1-6H,(H5,15,16,17,18,19). The molecule has 0 bridgehead atoms. The Morgan fingerprint density at radius 3 is 2.63 bits per heavy atom. The fraction of sp³-hybridized carbons (Fsp3) is 0. The molecule has 0 unspecified atom stereocenters. The first-order valence-electron chi connectivity index (χ1n) is 5.96. The number of nitrogens with one attached hydrogen (secondary N) is 1. The third-order valence-electron chi connectivity index (χ3n) is 3.39. The average molecular weight is 249 g/mol. The van der Waals surface area contributed by atoms with Crippen LogP contribution in [0.15, 0.2) is 36.4 Å². The number of nitrogens with two attached hydrogens (primary N) is 2. The van der Waals surface area contributed by atoms with E-state index in [0.717, 1.165) is 27.1 Å². The fourth-order valence-corrected chi connectivity index (χ4v) is 2.61. The molecule has 5 nitrogen and oxygen atoms in total. The summed E-state index contributed by atoms with van der Waals surface area (Å²) >= 11 is 0. The fourth-order valence-electron chi connectivity index (χ4n) is 2.61. The largest absolute Gasteiger partial charge is 0.383 e. The van der Waals surface area contributed by atoms with Crippen LogP contribution in [0.3, 0.4) is 0 Å². The van der Waals surface area contributed by atoms with Gasteiger partial charge in [0.1, 0.15) is 11.5 Å². The number of hydrogen-bond acceptors (Lipinski definition) is 4. The van der Waals surface area contributed by atoms with Crippen molar-refractivity contribution in [2.24, 2.45) is 0 Å². The maximum absolute atomic E-state index is 6.01. The Labute approximate surface area is 108 Å². The van der Waals surface area contributed by atoms with Gasteiger partial charge in [0.25, 0.3) is 0 Å². The normalized spacial score (nSPS) is 11.6. The van der Waals surface area contributed by atoms with E-state index in [4.69, 9.17) is 11.5 Å². The first-order chi connectivity index (χ1) is 9.24. The van der Waals surface area contributed by atoms with Gasteiger partial charge in [-0.05, 0) is 16.8 Å². The number of anilines is 2. The number of hydrogen-bond donors (Lipinski definition) is 3. The number of fused-ring (bicyclic) bond motifs is 5. The zero-order chi connectivity index (χ0) is 13.0. The second-order valence-electron chi connectivity index (χ2n) is 4.52. The van der Waals surface area contributed by atoms with E-state index < -0.39 is 0 Å². The zero-order valence-electron chi connectivity index (χ0n) is 10.0. The smallest absolute Gasteiger partial charge is 0.223 e. The van der Waals surface area contributed by atoms with Gasteiger partial charge >= 0.3 is 0 Å². The summed E-state index contributed by atoms with van der Waals surface area (Å²) in [5.41, 5.74) is 13.3. The van der Waals surface area contributed by atoms with Gasteiger partial charge < -0.3 is 16.5 Å². The van der Waals surface area contributed by atoms with Crippen LogP contribution in [0.1, 0.15) is 0 Å². The lowest BCUT2D eigenvalue weighted by Crippen LogP contribution is -1.99. The van der Waals surface area contributed by atoms with Crippen molar-refractivity contribution in [3.8, 4) is 0 Å². The molecule has 4 aromatic rings. The number of rotatable bonds is 0. The zero-order valence-corrected chi connectivity index (χ0v) is 10.0. The van der Waals surface area contributed by atoms with E-state index in [1.54, 1.807) is 0 Å². The molecule has 2 heterocycles. The summed E-state index contributed by atoms with van der Waals surface area (Å²) in [4.78, 5) is 11.5. The summed E-state index contributed by atoms with van der Waals surface area (Å²) in [5.74, 6) is 0.589. The number of nitrogens with zero attached hydrogens (tertiary/aromatic N) is 2. The predicted octanol–water partition coefficient (Wildman–Crippen LogP) is 2.43. The Morgan fingerprint density at radius 1 is 0.895 bits per heavy atom. The SMILES string of the molecule is Nc1nc(N)c2c(n1)[nH]c1ccc3ccccc3c12. The van der Waals surface area contributed by atoms with Gasteiger partial charge in [-0.1, -0.05) is 30.3 Å². The van der Waals surface area contributed by atoms with Crippen LogP contribution in [0.5, 0.6) is 0 Å². The van der Waals surface area contributed by atoms with E-state index >= 15 is 0 Å². The van der Waals surface area contributed by atoms with Crippen LogP contribution in [-0.4, -0.2) is 15.0 Å². The monoisotopic (exact) mass is 249 g/mol. The van der Waals surface area contributed by atoms with E-state index in [0.29, 0.717) is 11.5 Å². The molecule has 2 aromatic heterocycles. The summed E-state index contributed by atoms with van der Waals surface area (Å²) < 4.78 is 0. The van der Waals surface area contributed by atoms with Crippen LogP contribution in [-0.2, 0) is 0 Å². The molecule has 0 saturated heterocycles. The molecule has 0 saturated carbocycles. The average Bonchev–Trinajstić information content (AvgIpc) is 2.77. The Bertz CT molecular complexity index is 939. The lowest BCUT2D eigenvalue weighted by Gasteiger charge is -2.01. The van der Waals surface area contributed by atoms with Crippen LogP contribution < -0.4 is 11.5 Å². The molecule has 0 amide bonds. The van der Waals surface area contributed by atoms with Crippen molar-refractivity contribution in [1.82, 2.24) is 15.0 Å². The van der Waals surface area contributed by atoms with Crippen molar-refractivity contribution >= 4 is 44.5 Å². The lowest BCUT2D eigenvalue weighted by molar-refractivity contribution is 1.23. The number of aromatic nitrogens is 3. The summed E-state index contributed by atoms with van der Waals surface area (Å²) in [6.07, 6.45) is 0. The van der Waals surface area contributed by atoms with Gasteiger partial charge in [0, 0.05) is 10.9 Å². The number of aromatic amines is 1. The third kappa shape index (κ3) is 1.29. The highest BCUT2D eigenvalue weighted by atomic mass is 15.1. The Morgan fingerprint density at radius 2 is 1.74 bits per heavy atom. The highest BCUT2D eigenvalue weighted by Gasteiger charge is 2.13. The molecule has 0 atom stereocenters. The molecule has 92 valence electrons. The molecular weight excluding hydrogens is 238 g/mol. The van der Waals surface area contributed by atoms with Crippen LogP contribution >= 0.6 is 0 Å². The summed E-state index contributed by atoms with van der Waals surface area (Å²) in [6.45, 7) is 0. The van der Waals surface area contributed by atoms with Gasteiger partial charge in [0.15, 0.2) is 0 Å². The molecular formula is C14H11N5. The quantitative estimate of drug-likeness (QED) is 0.446. The summed E-state index contributed by atoms with van der Waals surface area (Å²) in [7, 11) is 0. The van der Waals surface area contributed by atoms with E-state index in [2.05, 4.69) is 33.2 Å². The second-order valence-corrected chi connectivity index (χ2v) is 4.52. The molecule has 0 spiro atoms. The maximum atomic E-state index is 6.01. The first kappa shape index (κ1) is 10.1. The van der Waals surface area contributed by atoms with Crippen LogP contribution in [0.2, 0.25) is 0 Å². The van der Waals surface area contributed by atoms with Crippen LogP contribution in [0.4, 0.5) is 11.8 Å². The van der Waals surface area contributed by atoms with Gasteiger partial charge in [-0.25, -0.2) is 0 Å².